The number of carbonyl (C=O) groups excluding carboxylic acids is 1. The summed E-state index contributed by atoms with van der Waals surface area (Å²) in [5, 5.41) is 0.504. The smallest absolute Gasteiger partial charge is 0.232 e. The van der Waals surface area contributed by atoms with Crippen LogP contribution in [0.4, 0.5) is 0 Å². The lowest BCUT2D eigenvalue weighted by atomic mass is 10.1. The van der Waals surface area contributed by atoms with Gasteiger partial charge >= 0.3 is 0 Å². The van der Waals surface area contributed by atoms with Crippen LogP contribution in [0.1, 0.15) is 18.4 Å². The van der Waals surface area contributed by atoms with Gasteiger partial charge in [0, 0.05) is 30.8 Å². The number of nitrogens with zero attached hydrogens (tertiary/aromatic N) is 2. The van der Waals surface area contributed by atoms with Crippen molar-refractivity contribution in [2.24, 2.45) is 0 Å². The van der Waals surface area contributed by atoms with Gasteiger partial charge in [-0.2, -0.15) is 0 Å². The highest BCUT2D eigenvalue weighted by Crippen LogP contribution is 2.26. The Hall–Kier alpha value is -1.72. The van der Waals surface area contributed by atoms with Crippen molar-refractivity contribution >= 4 is 29.3 Å². The van der Waals surface area contributed by atoms with Crippen molar-refractivity contribution in [1.82, 2.24) is 9.88 Å². The normalized spacial score (nSPS) is 17.3. The molecule has 1 aromatic heterocycles. The summed E-state index contributed by atoms with van der Waals surface area (Å²) in [6, 6.07) is 12.0. The number of benzene rings is 1. The molecule has 0 spiro atoms. The third-order valence-electron chi connectivity index (χ3n) is 4.10. The minimum atomic E-state index is -0.0169. The van der Waals surface area contributed by atoms with Gasteiger partial charge < -0.3 is 9.64 Å². The van der Waals surface area contributed by atoms with E-state index in [4.69, 9.17) is 16.3 Å². The highest BCUT2D eigenvalue weighted by molar-refractivity contribution is 7.99. The van der Waals surface area contributed by atoms with E-state index in [0.29, 0.717) is 23.1 Å². The molecule has 1 atom stereocenters. The van der Waals surface area contributed by atoms with Crippen LogP contribution in [-0.4, -0.2) is 40.7 Å². The van der Waals surface area contributed by atoms with Gasteiger partial charge in [0.15, 0.2) is 0 Å². The molecule has 2 heterocycles. The van der Waals surface area contributed by atoms with Gasteiger partial charge in [-0.3, -0.25) is 9.78 Å². The van der Waals surface area contributed by atoms with E-state index in [0.717, 1.165) is 25.1 Å². The predicted octanol–water partition coefficient (Wildman–Crippen LogP) is 4.04. The van der Waals surface area contributed by atoms with Crippen molar-refractivity contribution in [3.05, 3.63) is 59.4 Å². The van der Waals surface area contributed by atoms with E-state index in [1.165, 1.54) is 5.56 Å². The summed E-state index contributed by atoms with van der Waals surface area (Å²) in [7, 11) is 0. The van der Waals surface area contributed by atoms with Crippen molar-refractivity contribution < 1.29 is 9.53 Å². The summed E-state index contributed by atoms with van der Waals surface area (Å²) in [5.74, 6) is 2.16. The molecule has 25 heavy (non-hydrogen) atoms. The second-order valence-corrected chi connectivity index (χ2v) is 7.40. The van der Waals surface area contributed by atoms with Gasteiger partial charge in [0.25, 0.3) is 0 Å². The van der Waals surface area contributed by atoms with Crippen molar-refractivity contribution in [2.75, 3.05) is 18.8 Å². The first kappa shape index (κ1) is 18.1. The fraction of sp³-hybridized carbons (Fsp3) is 0.368. The molecule has 3 rings (SSSR count). The van der Waals surface area contributed by atoms with Crippen LogP contribution in [-0.2, 0) is 10.5 Å². The summed E-state index contributed by atoms with van der Waals surface area (Å²) in [6.07, 6.45) is 5.09. The second-order valence-electron chi connectivity index (χ2n) is 6.01. The number of amides is 1. The van der Waals surface area contributed by atoms with Crippen molar-refractivity contribution in [2.45, 2.75) is 24.7 Å². The van der Waals surface area contributed by atoms with E-state index >= 15 is 0 Å². The number of halogens is 1. The number of rotatable bonds is 6. The Morgan fingerprint density at radius 1 is 1.32 bits per heavy atom. The number of ether oxygens (including phenoxy) is 1. The molecule has 0 radical (unpaired) electrons. The van der Waals surface area contributed by atoms with Crippen molar-refractivity contribution in [3.8, 4) is 5.75 Å². The topological polar surface area (TPSA) is 42.4 Å². The SMILES string of the molecule is O=C(CSCc1ccccc1)N1CCCC(Oc2ccncc2Cl)C1. The summed E-state index contributed by atoms with van der Waals surface area (Å²) >= 11 is 7.75. The first-order chi connectivity index (χ1) is 12.2. The summed E-state index contributed by atoms with van der Waals surface area (Å²) < 4.78 is 5.97. The van der Waals surface area contributed by atoms with Crippen LogP contribution in [0.15, 0.2) is 48.8 Å². The fourth-order valence-electron chi connectivity index (χ4n) is 2.82. The standard InChI is InChI=1S/C19H21ClN2O2S/c20-17-11-21-9-8-18(17)24-16-7-4-10-22(12-16)19(23)14-25-13-15-5-2-1-3-6-15/h1-3,5-6,8-9,11,16H,4,7,10,12-14H2. The zero-order valence-electron chi connectivity index (χ0n) is 13.9. The molecule has 1 amide bonds. The maximum atomic E-state index is 12.5. The summed E-state index contributed by atoms with van der Waals surface area (Å²) in [4.78, 5) is 18.3. The molecule has 0 saturated carbocycles. The van der Waals surface area contributed by atoms with Crippen LogP contribution in [0.2, 0.25) is 5.02 Å². The Morgan fingerprint density at radius 3 is 2.96 bits per heavy atom. The molecule has 1 aromatic carbocycles. The highest BCUT2D eigenvalue weighted by Gasteiger charge is 2.25. The maximum Gasteiger partial charge on any atom is 0.232 e. The lowest BCUT2D eigenvalue weighted by Crippen LogP contribution is -2.45. The first-order valence-electron chi connectivity index (χ1n) is 8.38. The zero-order chi connectivity index (χ0) is 17.5. The quantitative estimate of drug-likeness (QED) is 0.763. The van der Waals surface area contributed by atoms with Gasteiger partial charge in [0.1, 0.15) is 16.9 Å². The van der Waals surface area contributed by atoms with Gasteiger partial charge in [0.05, 0.1) is 12.3 Å². The molecular formula is C19H21ClN2O2S. The van der Waals surface area contributed by atoms with Gasteiger partial charge in [0.2, 0.25) is 5.91 Å². The lowest BCUT2D eigenvalue weighted by molar-refractivity contribution is -0.130. The number of hydrogen-bond acceptors (Lipinski definition) is 4. The number of piperidine rings is 1. The van der Waals surface area contributed by atoms with E-state index in [9.17, 15) is 4.79 Å². The molecule has 0 bridgehead atoms. The van der Waals surface area contributed by atoms with E-state index in [2.05, 4.69) is 17.1 Å². The van der Waals surface area contributed by atoms with E-state index < -0.39 is 0 Å². The molecule has 6 heteroatoms. The number of pyridine rings is 1. The Bertz CT molecular complexity index is 699. The molecule has 2 aromatic rings. The summed E-state index contributed by atoms with van der Waals surface area (Å²) in [6.45, 7) is 1.41. The van der Waals surface area contributed by atoms with Crippen LogP contribution >= 0.6 is 23.4 Å². The number of hydrogen-bond donors (Lipinski definition) is 0. The van der Waals surface area contributed by atoms with E-state index in [-0.39, 0.29) is 12.0 Å². The Kier molecular flexibility index (Phi) is 6.59. The molecule has 132 valence electrons. The lowest BCUT2D eigenvalue weighted by Gasteiger charge is -2.33. The molecule has 1 aliphatic heterocycles. The molecule has 0 aliphatic carbocycles. The molecule has 1 unspecified atom stereocenters. The third-order valence-corrected chi connectivity index (χ3v) is 5.37. The van der Waals surface area contributed by atoms with Gasteiger partial charge in [-0.25, -0.2) is 0 Å². The van der Waals surface area contributed by atoms with Gasteiger partial charge in [-0.1, -0.05) is 41.9 Å². The molecule has 4 nitrogen and oxygen atoms in total. The van der Waals surface area contributed by atoms with Crippen molar-refractivity contribution in [1.29, 1.82) is 0 Å². The number of thioether (sulfide) groups is 1. The molecule has 1 aliphatic rings. The average molecular weight is 377 g/mol. The second kappa shape index (κ2) is 9.11. The van der Waals surface area contributed by atoms with E-state index in [1.54, 1.807) is 30.2 Å². The maximum absolute atomic E-state index is 12.5. The van der Waals surface area contributed by atoms with Crippen LogP contribution in [0.3, 0.4) is 0 Å². The Labute approximate surface area is 157 Å². The molecule has 0 N–H and O–H groups in total. The number of carbonyl (C=O) groups is 1. The molecule has 1 fully saturated rings. The average Bonchev–Trinajstić information content (AvgIpc) is 2.65. The van der Waals surface area contributed by atoms with Crippen LogP contribution in [0, 0.1) is 0 Å². The minimum absolute atomic E-state index is 0.0169. The van der Waals surface area contributed by atoms with E-state index in [1.807, 2.05) is 23.1 Å². The molecular weight excluding hydrogens is 356 g/mol. The highest BCUT2D eigenvalue weighted by atomic mass is 35.5. The number of likely N-dealkylation sites (tertiary alicyclic amines) is 1. The van der Waals surface area contributed by atoms with Crippen LogP contribution < -0.4 is 4.74 Å². The third kappa shape index (κ3) is 5.38. The fourth-order valence-corrected chi connectivity index (χ4v) is 3.87. The monoisotopic (exact) mass is 376 g/mol. The van der Waals surface area contributed by atoms with Gasteiger partial charge in [-0.15, -0.1) is 11.8 Å². The van der Waals surface area contributed by atoms with Crippen molar-refractivity contribution in [3.63, 3.8) is 0 Å². The van der Waals surface area contributed by atoms with Crippen LogP contribution in [0.5, 0.6) is 5.75 Å². The Morgan fingerprint density at radius 2 is 2.16 bits per heavy atom. The summed E-state index contributed by atoms with van der Waals surface area (Å²) in [5.41, 5.74) is 1.24. The molecule has 1 saturated heterocycles. The largest absolute Gasteiger partial charge is 0.487 e. The predicted molar refractivity (Wildman–Crippen MR) is 102 cm³/mol. The minimum Gasteiger partial charge on any atom is -0.487 e. The first-order valence-corrected chi connectivity index (χ1v) is 9.91. The Balaban J connectivity index is 1.47. The zero-order valence-corrected chi connectivity index (χ0v) is 15.5. The van der Waals surface area contributed by atoms with Gasteiger partial charge in [-0.05, 0) is 18.4 Å². The number of aromatic nitrogens is 1. The van der Waals surface area contributed by atoms with Crippen LogP contribution in [0.25, 0.3) is 0 Å².